The molecule has 3 nitrogen and oxygen atoms in total. The molecule has 82 valence electrons. The first-order chi connectivity index (χ1) is 7.70. The van der Waals surface area contributed by atoms with Gasteiger partial charge in [-0.05, 0) is 24.6 Å². The van der Waals surface area contributed by atoms with E-state index in [1.54, 1.807) is 6.07 Å². The summed E-state index contributed by atoms with van der Waals surface area (Å²) in [6.07, 6.45) is 1.54. The maximum absolute atomic E-state index is 11.4. The van der Waals surface area contributed by atoms with Gasteiger partial charge in [-0.25, -0.2) is 0 Å². The van der Waals surface area contributed by atoms with Crippen molar-refractivity contribution in [2.75, 3.05) is 18.0 Å². The molecule has 0 atom stereocenters. The van der Waals surface area contributed by atoms with Gasteiger partial charge in [-0.3, -0.25) is 4.79 Å². The summed E-state index contributed by atoms with van der Waals surface area (Å²) < 4.78 is 0.885. The minimum absolute atomic E-state index is 0.248. The van der Waals surface area contributed by atoms with E-state index in [-0.39, 0.29) is 5.78 Å². The number of carbonyl (C=O) groups excluding carboxylic acids is 1. The zero-order valence-electron chi connectivity index (χ0n) is 8.74. The van der Waals surface area contributed by atoms with Gasteiger partial charge in [0.1, 0.15) is 6.07 Å². The number of anilines is 1. The van der Waals surface area contributed by atoms with Crippen LogP contribution in [0.3, 0.4) is 0 Å². The number of nitriles is 1. The Labute approximate surface area is 103 Å². The third-order valence-corrected chi connectivity index (χ3v) is 3.16. The van der Waals surface area contributed by atoms with Crippen molar-refractivity contribution in [3.05, 3.63) is 28.2 Å². The molecule has 1 aliphatic heterocycles. The second-order valence-electron chi connectivity index (χ2n) is 3.84. The molecule has 0 radical (unpaired) electrons. The molecular weight excluding hydrogens is 268 g/mol. The first-order valence-electron chi connectivity index (χ1n) is 5.17. The summed E-state index contributed by atoms with van der Waals surface area (Å²) in [5.41, 5.74) is 1.47. The van der Waals surface area contributed by atoms with E-state index in [9.17, 15) is 4.79 Å². The van der Waals surface area contributed by atoms with E-state index in [0.29, 0.717) is 18.5 Å². The predicted octanol–water partition coefficient (Wildman–Crippen LogP) is 2.49. The molecule has 0 spiro atoms. The van der Waals surface area contributed by atoms with Crippen LogP contribution in [-0.4, -0.2) is 18.9 Å². The highest BCUT2D eigenvalue weighted by molar-refractivity contribution is 9.10. The van der Waals surface area contributed by atoms with Gasteiger partial charge in [0.05, 0.1) is 17.8 Å². The highest BCUT2D eigenvalue weighted by Gasteiger charge is 2.19. The lowest BCUT2D eigenvalue weighted by Gasteiger charge is -2.28. The van der Waals surface area contributed by atoms with Gasteiger partial charge in [0.15, 0.2) is 5.78 Å². The van der Waals surface area contributed by atoms with Gasteiger partial charge >= 0.3 is 0 Å². The summed E-state index contributed by atoms with van der Waals surface area (Å²) >= 11 is 3.34. The maximum Gasteiger partial charge on any atom is 0.152 e. The van der Waals surface area contributed by atoms with E-state index in [1.807, 2.05) is 17.0 Å². The molecule has 1 saturated heterocycles. The number of benzene rings is 1. The number of nitrogens with zero attached hydrogens (tertiary/aromatic N) is 2. The normalized spacial score (nSPS) is 16.0. The number of rotatable bonds is 1. The lowest BCUT2D eigenvalue weighted by Crippen LogP contribution is -2.35. The Balaban J connectivity index is 2.32. The quantitative estimate of drug-likeness (QED) is 0.793. The van der Waals surface area contributed by atoms with E-state index in [4.69, 9.17) is 5.26 Å². The Hall–Kier alpha value is -1.34. The van der Waals surface area contributed by atoms with Crippen molar-refractivity contribution in [2.24, 2.45) is 0 Å². The van der Waals surface area contributed by atoms with E-state index < -0.39 is 0 Å². The Bertz CT molecular complexity index is 465. The molecule has 16 heavy (non-hydrogen) atoms. The first-order valence-corrected chi connectivity index (χ1v) is 5.96. The van der Waals surface area contributed by atoms with Crippen molar-refractivity contribution < 1.29 is 4.79 Å². The lowest BCUT2D eigenvalue weighted by molar-refractivity contribution is -0.118. The van der Waals surface area contributed by atoms with Gasteiger partial charge in [-0.2, -0.15) is 5.26 Å². The number of hydrogen-bond acceptors (Lipinski definition) is 3. The highest BCUT2D eigenvalue weighted by atomic mass is 79.9. The monoisotopic (exact) mass is 278 g/mol. The Morgan fingerprint density at radius 3 is 2.94 bits per heavy atom. The number of ketones is 1. The van der Waals surface area contributed by atoms with E-state index >= 15 is 0 Å². The van der Waals surface area contributed by atoms with Crippen molar-refractivity contribution in [3.8, 4) is 6.07 Å². The maximum atomic E-state index is 11.4. The molecule has 1 fully saturated rings. The highest BCUT2D eigenvalue weighted by Crippen LogP contribution is 2.25. The molecule has 1 aliphatic rings. The molecule has 0 saturated carbocycles. The third kappa shape index (κ3) is 2.25. The van der Waals surface area contributed by atoms with Gasteiger partial charge < -0.3 is 4.90 Å². The van der Waals surface area contributed by atoms with Crippen LogP contribution in [0.4, 0.5) is 5.69 Å². The van der Waals surface area contributed by atoms with Crippen LogP contribution >= 0.6 is 15.9 Å². The van der Waals surface area contributed by atoms with Crippen LogP contribution in [0, 0.1) is 11.3 Å². The molecule has 0 bridgehead atoms. The lowest BCUT2D eigenvalue weighted by atomic mass is 10.1. The average molecular weight is 279 g/mol. The van der Waals surface area contributed by atoms with E-state index in [2.05, 4.69) is 22.0 Å². The van der Waals surface area contributed by atoms with E-state index in [1.165, 1.54) is 0 Å². The second kappa shape index (κ2) is 4.67. The Morgan fingerprint density at radius 2 is 2.25 bits per heavy atom. The number of Topliss-reactive ketones (excluding diaryl/α,β-unsaturated/α-hetero) is 1. The van der Waals surface area contributed by atoms with E-state index in [0.717, 1.165) is 23.1 Å². The largest absolute Gasteiger partial charge is 0.363 e. The van der Waals surface area contributed by atoms with Crippen molar-refractivity contribution in [1.82, 2.24) is 0 Å². The Kier molecular flexibility index (Phi) is 3.25. The molecule has 2 rings (SSSR count). The predicted molar refractivity (Wildman–Crippen MR) is 65.3 cm³/mol. The molecule has 0 aliphatic carbocycles. The number of piperidine rings is 1. The van der Waals surface area contributed by atoms with Crippen molar-refractivity contribution in [1.29, 1.82) is 5.26 Å². The van der Waals surface area contributed by atoms with Gasteiger partial charge in [0.25, 0.3) is 0 Å². The van der Waals surface area contributed by atoms with Gasteiger partial charge in [-0.1, -0.05) is 15.9 Å². The molecule has 4 heteroatoms. The molecule has 0 amide bonds. The summed E-state index contributed by atoms with van der Waals surface area (Å²) in [4.78, 5) is 13.4. The topological polar surface area (TPSA) is 44.1 Å². The zero-order chi connectivity index (χ0) is 11.5. The zero-order valence-corrected chi connectivity index (χ0v) is 10.3. The van der Waals surface area contributed by atoms with Crippen LogP contribution in [0.2, 0.25) is 0 Å². The van der Waals surface area contributed by atoms with Gasteiger partial charge in [-0.15, -0.1) is 0 Å². The molecule has 1 aromatic rings. The van der Waals surface area contributed by atoms with Crippen molar-refractivity contribution >= 4 is 27.4 Å². The SMILES string of the molecule is N#Cc1cc(Br)ccc1N1CCCC(=O)C1. The number of carbonyl (C=O) groups is 1. The van der Waals surface area contributed by atoms with Gasteiger partial charge in [0, 0.05) is 17.4 Å². The second-order valence-corrected chi connectivity index (χ2v) is 4.75. The van der Waals surface area contributed by atoms with Crippen LogP contribution < -0.4 is 4.90 Å². The summed E-state index contributed by atoms with van der Waals surface area (Å²) in [7, 11) is 0. The summed E-state index contributed by atoms with van der Waals surface area (Å²) in [5, 5.41) is 9.06. The molecular formula is C12H11BrN2O. The third-order valence-electron chi connectivity index (χ3n) is 2.67. The van der Waals surface area contributed by atoms with Gasteiger partial charge in [0.2, 0.25) is 0 Å². The summed E-state index contributed by atoms with van der Waals surface area (Å²) in [6, 6.07) is 7.74. The first kappa shape index (κ1) is 11.2. The van der Waals surface area contributed by atoms with Crippen LogP contribution in [0.1, 0.15) is 18.4 Å². The molecule has 0 N–H and O–H groups in total. The minimum Gasteiger partial charge on any atom is -0.363 e. The minimum atomic E-state index is 0.248. The number of halogens is 1. The average Bonchev–Trinajstić information content (AvgIpc) is 2.28. The van der Waals surface area contributed by atoms with Crippen LogP contribution in [-0.2, 0) is 4.79 Å². The molecule has 0 aromatic heterocycles. The fraction of sp³-hybridized carbons (Fsp3) is 0.333. The standard InChI is InChI=1S/C12H11BrN2O/c13-10-3-4-12(9(6-10)7-14)15-5-1-2-11(16)8-15/h3-4,6H,1-2,5,8H2. The smallest absolute Gasteiger partial charge is 0.152 e. The number of hydrogen-bond donors (Lipinski definition) is 0. The van der Waals surface area contributed by atoms with Crippen LogP contribution in [0.25, 0.3) is 0 Å². The van der Waals surface area contributed by atoms with Crippen molar-refractivity contribution in [2.45, 2.75) is 12.8 Å². The summed E-state index contributed by atoms with van der Waals surface area (Å²) in [6.45, 7) is 1.28. The van der Waals surface area contributed by atoms with Crippen LogP contribution in [0.5, 0.6) is 0 Å². The Morgan fingerprint density at radius 1 is 1.44 bits per heavy atom. The molecule has 1 heterocycles. The van der Waals surface area contributed by atoms with Crippen molar-refractivity contribution in [3.63, 3.8) is 0 Å². The molecule has 0 unspecified atom stereocenters. The molecule has 1 aromatic carbocycles. The summed E-state index contributed by atoms with van der Waals surface area (Å²) in [5.74, 6) is 0.248. The van der Waals surface area contributed by atoms with Crippen LogP contribution in [0.15, 0.2) is 22.7 Å². The fourth-order valence-corrected chi connectivity index (χ4v) is 2.28. The fourth-order valence-electron chi connectivity index (χ4n) is 1.92.